The van der Waals surface area contributed by atoms with Crippen molar-refractivity contribution in [2.45, 2.75) is 25.4 Å². The molecule has 1 spiro atoms. The number of rotatable bonds is 1. The molecular weight excluding hydrogens is 168 g/mol. The molecule has 0 aromatic rings. The first kappa shape index (κ1) is 8.81. The van der Waals surface area contributed by atoms with Crippen molar-refractivity contribution in [3.05, 3.63) is 0 Å². The summed E-state index contributed by atoms with van der Waals surface area (Å²) >= 11 is 0. The first-order chi connectivity index (χ1) is 6.26. The summed E-state index contributed by atoms with van der Waals surface area (Å²) < 4.78 is 5.44. The van der Waals surface area contributed by atoms with Crippen LogP contribution >= 0.6 is 0 Å². The summed E-state index contributed by atoms with van der Waals surface area (Å²) in [4.78, 5) is 13.1. The molecule has 0 aromatic carbocycles. The second-order valence-electron chi connectivity index (χ2n) is 3.82. The quantitative estimate of drug-likeness (QED) is 0.648. The van der Waals surface area contributed by atoms with E-state index in [-0.39, 0.29) is 11.7 Å². The zero-order chi connectivity index (χ0) is 9.31. The average Bonchev–Trinajstić information content (AvgIpc) is 2.44. The van der Waals surface area contributed by atoms with E-state index < -0.39 is 0 Å². The first-order valence-electron chi connectivity index (χ1n) is 4.94. The van der Waals surface area contributed by atoms with Crippen LogP contribution in [0.3, 0.4) is 0 Å². The molecule has 1 N–H and O–H groups in total. The van der Waals surface area contributed by atoms with Gasteiger partial charge in [0.2, 0.25) is 0 Å². The lowest BCUT2D eigenvalue weighted by atomic mass is 9.92. The lowest BCUT2D eigenvalue weighted by molar-refractivity contribution is 0.0316. The van der Waals surface area contributed by atoms with Crippen molar-refractivity contribution < 1.29 is 9.53 Å². The molecule has 0 bridgehead atoms. The summed E-state index contributed by atoms with van der Waals surface area (Å²) in [6.45, 7) is 5.45. The predicted molar refractivity (Wildman–Crippen MR) is 48.6 cm³/mol. The van der Waals surface area contributed by atoms with E-state index in [9.17, 15) is 4.79 Å². The van der Waals surface area contributed by atoms with E-state index in [0.717, 1.165) is 39.0 Å². The maximum Gasteiger partial charge on any atom is 0.410 e. The molecule has 4 heteroatoms. The number of hydrogen-bond acceptors (Lipinski definition) is 3. The molecule has 2 heterocycles. The van der Waals surface area contributed by atoms with E-state index in [1.807, 2.05) is 6.92 Å². The van der Waals surface area contributed by atoms with Crippen LogP contribution in [-0.2, 0) is 4.74 Å². The van der Waals surface area contributed by atoms with E-state index in [4.69, 9.17) is 4.74 Å². The monoisotopic (exact) mass is 184 g/mol. The van der Waals surface area contributed by atoms with Gasteiger partial charge < -0.3 is 15.0 Å². The fourth-order valence-electron chi connectivity index (χ4n) is 2.08. The van der Waals surface area contributed by atoms with Crippen LogP contribution in [0.25, 0.3) is 0 Å². The van der Waals surface area contributed by atoms with E-state index >= 15 is 0 Å². The number of likely N-dealkylation sites (N-methyl/N-ethyl adjacent to an activating group) is 1. The molecule has 2 rings (SSSR count). The molecule has 74 valence electrons. The number of hydrogen-bond donors (Lipinski definition) is 1. The van der Waals surface area contributed by atoms with Crippen molar-refractivity contribution in [1.29, 1.82) is 0 Å². The van der Waals surface area contributed by atoms with Gasteiger partial charge in [-0.3, -0.25) is 0 Å². The number of nitrogens with one attached hydrogen (secondary N) is 1. The summed E-state index contributed by atoms with van der Waals surface area (Å²) in [7, 11) is 0. The van der Waals surface area contributed by atoms with Crippen molar-refractivity contribution in [3.8, 4) is 0 Å². The predicted octanol–water partition coefficient (Wildman–Crippen LogP) is 0.581. The summed E-state index contributed by atoms with van der Waals surface area (Å²) in [5, 5.41) is 3.27. The average molecular weight is 184 g/mol. The third-order valence-corrected chi connectivity index (χ3v) is 2.94. The molecule has 0 saturated carbocycles. The van der Waals surface area contributed by atoms with Crippen molar-refractivity contribution in [2.24, 2.45) is 0 Å². The van der Waals surface area contributed by atoms with Gasteiger partial charge in [-0.05, 0) is 20.0 Å². The molecule has 2 aliphatic heterocycles. The number of amides is 1. The molecule has 1 amide bonds. The SMILES string of the molecule is CCN1CC2(CCNCC2)OC1=O. The smallest absolute Gasteiger partial charge is 0.410 e. The Bertz CT molecular complexity index is 212. The van der Waals surface area contributed by atoms with E-state index in [0.29, 0.717) is 0 Å². The maximum atomic E-state index is 11.4. The van der Waals surface area contributed by atoms with Gasteiger partial charge >= 0.3 is 6.09 Å². The zero-order valence-electron chi connectivity index (χ0n) is 8.01. The van der Waals surface area contributed by atoms with Gasteiger partial charge in [-0.15, -0.1) is 0 Å². The van der Waals surface area contributed by atoms with Gasteiger partial charge in [0.1, 0.15) is 5.60 Å². The molecule has 2 saturated heterocycles. The number of nitrogens with zero attached hydrogens (tertiary/aromatic N) is 1. The van der Waals surface area contributed by atoms with E-state index in [1.165, 1.54) is 0 Å². The normalized spacial score (nSPS) is 26.5. The largest absolute Gasteiger partial charge is 0.441 e. The third-order valence-electron chi connectivity index (χ3n) is 2.94. The Labute approximate surface area is 78.2 Å². The Morgan fingerprint density at radius 2 is 2.23 bits per heavy atom. The molecule has 0 radical (unpaired) electrons. The van der Waals surface area contributed by atoms with Crippen molar-refractivity contribution >= 4 is 6.09 Å². The molecule has 0 aromatic heterocycles. The molecule has 0 atom stereocenters. The van der Waals surface area contributed by atoms with Gasteiger partial charge in [-0.25, -0.2) is 4.79 Å². The van der Waals surface area contributed by atoms with E-state index in [1.54, 1.807) is 4.90 Å². The minimum absolute atomic E-state index is 0.135. The Balaban J connectivity index is 2.05. The summed E-state index contributed by atoms with van der Waals surface area (Å²) in [5.74, 6) is 0. The fraction of sp³-hybridized carbons (Fsp3) is 0.889. The van der Waals surface area contributed by atoms with Crippen LogP contribution in [0, 0.1) is 0 Å². The Hall–Kier alpha value is -0.770. The van der Waals surface area contributed by atoms with Crippen molar-refractivity contribution in [1.82, 2.24) is 10.2 Å². The van der Waals surface area contributed by atoms with Crippen LogP contribution in [0.4, 0.5) is 4.79 Å². The van der Waals surface area contributed by atoms with Crippen LogP contribution in [0.5, 0.6) is 0 Å². The van der Waals surface area contributed by atoms with E-state index in [2.05, 4.69) is 5.32 Å². The lowest BCUT2D eigenvalue weighted by Crippen LogP contribution is -2.44. The molecule has 2 aliphatic rings. The molecule has 2 fully saturated rings. The van der Waals surface area contributed by atoms with Gasteiger partial charge in [-0.2, -0.15) is 0 Å². The summed E-state index contributed by atoms with van der Waals surface area (Å²) in [5.41, 5.74) is -0.168. The van der Waals surface area contributed by atoms with Gasteiger partial charge in [0, 0.05) is 19.4 Å². The lowest BCUT2D eigenvalue weighted by Gasteiger charge is -2.31. The zero-order valence-corrected chi connectivity index (χ0v) is 8.01. The maximum absolute atomic E-state index is 11.4. The molecular formula is C9H16N2O2. The molecule has 4 nitrogen and oxygen atoms in total. The van der Waals surface area contributed by atoms with Crippen LogP contribution in [0.1, 0.15) is 19.8 Å². The van der Waals surface area contributed by atoms with Crippen LogP contribution in [0.2, 0.25) is 0 Å². The number of carbonyl (C=O) groups is 1. The van der Waals surface area contributed by atoms with Gasteiger partial charge in [0.05, 0.1) is 6.54 Å². The highest BCUT2D eigenvalue weighted by Crippen LogP contribution is 2.30. The van der Waals surface area contributed by atoms with Crippen molar-refractivity contribution in [2.75, 3.05) is 26.2 Å². The first-order valence-corrected chi connectivity index (χ1v) is 4.94. The standard InChI is InChI=1S/C9H16N2O2/c1-2-11-7-9(13-8(11)12)3-5-10-6-4-9/h10H,2-7H2,1H3. The van der Waals surface area contributed by atoms with Crippen LogP contribution < -0.4 is 5.32 Å². The second-order valence-corrected chi connectivity index (χ2v) is 3.82. The van der Waals surface area contributed by atoms with Gasteiger partial charge in [0.25, 0.3) is 0 Å². The Kier molecular flexibility index (Phi) is 2.15. The fourth-order valence-corrected chi connectivity index (χ4v) is 2.08. The number of piperidine rings is 1. The third kappa shape index (κ3) is 1.50. The summed E-state index contributed by atoms with van der Waals surface area (Å²) in [6.07, 6.45) is 1.77. The summed E-state index contributed by atoms with van der Waals surface area (Å²) in [6, 6.07) is 0. The van der Waals surface area contributed by atoms with Crippen molar-refractivity contribution in [3.63, 3.8) is 0 Å². The number of carbonyl (C=O) groups excluding carboxylic acids is 1. The number of ether oxygens (including phenoxy) is 1. The molecule has 0 unspecified atom stereocenters. The highest BCUT2D eigenvalue weighted by atomic mass is 16.6. The minimum Gasteiger partial charge on any atom is -0.441 e. The molecule has 0 aliphatic carbocycles. The van der Waals surface area contributed by atoms with Crippen LogP contribution in [0.15, 0.2) is 0 Å². The molecule has 13 heavy (non-hydrogen) atoms. The van der Waals surface area contributed by atoms with Gasteiger partial charge in [0.15, 0.2) is 0 Å². The van der Waals surface area contributed by atoms with Gasteiger partial charge in [-0.1, -0.05) is 0 Å². The Morgan fingerprint density at radius 3 is 2.77 bits per heavy atom. The Morgan fingerprint density at radius 1 is 1.54 bits per heavy atom. The topological polar surface area (TPSA) is 41.6 Å². The second kappa shape index (κ2) is 3.18. The highest BCUT2D eigenvalue weighted by Gasteiger charge is 2.44. The highest BCUT2D eigenvalue weighted by molar-refractivity contribution is 5.70. The minimum atomic E-state index is -0.168. The van der Waals surface area contributed by atoms with Crippen LogP contribution in [-0.4, -0.2) is 42.8 Å².